The average Bonchev–Trinajstić information content (AvgIpc) is 2.86. The van der Waals surface area contributed by atoms with Gasteiger partial charge in [-0.25, -0.2) is 0 Å². The van der Waals surface area contributed by atoms with Crippen LogP contribution < -0.4 is 5.19 Å². The van der Waals surface area contributed by atoms with Crippen LogP contribution in [0.5, 0.6) is 0 Å². The number of allylic oxidation sites excluding steroid dienone is 4. The second kappa shape index (κ2) is 6.38. The number of rotatable bonds is 5. The molecule has 2 rings (SSSR count). The molecular weight excluding hydrogens is 244 g/mol. The predicted octanol–water partition coefficient (Wildman–Crippen LogP) is 4.01. The highest BCUT2D eigenvalue weighted by molar-refractivity contribution is 6.62. The Kier molecular flexibility index (Phi) is 4.81. The molecule has 1 aromatic carbocycles. The lowest BCUT2D eigenvalue weighted by Crippen LogP contribution is -2.23. The molecule has 0 saturated carbocycles. The van der Waals surface area contributed by atoms with E-state index >= 15 is 0 Å². The molecule has 0 aromatic heterocycles. The molecule has 0 unspecified atom stereocenters. The summed E-state index contributed by atoms with van der Waals surface area (Å²) in [4.78, 5) is 0. The Labute approximate surface area is 120 Å². The lowest BCUT2D eigenvalue weighted by Gasteiger charge is -2.15. The lowest BCUT2D eigenvalue weighted by molar-refractivity contribution is 0.790. The topological polar surface area (TPSA) is 0 Å². The van der Waals surface area contributed by atoms with E-state index in [1.807, 2.05) is 0 Å². The van der Waals surface area contributed by atoms with E-state index < -0.39 is 0 Å². The minimum absolute atomic E-state index is 0.653. The van der Waals surface area contributed by atoms with Gasteiger partial charge in [-0.2, -0.15) is 0 Å². The lowest BCUT2D eigenvalue weighted by atomic mass is 10.0. The molecule has 0 saturated heterocycles. The maximum absolute atomic E-state index is 2.34. The molecule has 0 bridgehead atoms. The summed E-state index contributed by atoms with van der Waals surface area (Å²) in [5, 5.41) is 3.22. The molecule has 0 fully saturated rings. The van der Waals surface area contributed by atoms with E-state index in [4.69, 9.17) is 0 Å². The van der Waals surface area contributed by atoms with E-state index in [-0.39, 0.29) is 0 Å². The SMILES string of the molecule is CCc1cccc([Si]C2=C(C(C)C)C=CC2)c1CC. The van der Waals surface area contributed by atoms with Gasteiger partial charge < -0.3 is 0 Å². The summed E-state index contributed by atoms with van der Waals surface area (Å²) >= 11 is 0. The largest absolute Gasteiger partial charge is 0.117 e. The van der Waals surface area contributed by atoms with E-state index in [2.05, 4.69) is 58.0 Å². The van der Waals surface area contributed by atoms with Gasteiger partial charge in [-0.1, -0.05) is 74.0 Å². The molecule has 0 spiro atoms. The smallest absolute Gasteiger partial charge is 0.0806 e. The Morgan fingerprint density at radius 1 is 1.16 bits per heavy atom. The summed E-state index contributed by atoms with van der Waals surface area (Å²) in [7, 11) is 0.853. The molecular formula is C18H24Si. The molecule has 1 aliphatic rings. The summed E-state index contributed by atoms with van der Waals surface area (Å²) in [5.41, 5.74) is 4.69. The number of hydrogen-bond donors (Lipinski definition) is 0. The highest BCUT2D eigenvalue weighted by Crippen LogP contribution is 2.24. The van der Waals surface area contributed by atoms with Crippen molar-refractivity contribution in [2.24, 2.45) is 5.92 Å². The minimum atomic E-state index is 0.653. The summed E-state index contributed by atoms with van der Waals surface area (Å²) in [6.45, 7) is 9.15. The molecule has 0 heterocycles. The first-order chi connectivity index (χ1) is 9.17. The van der Waals surface area contributed by atoms with Gasteiger partial charge in [0.15, 0.2) is 0 Å². The van der Waals surface area contributed by atoms with Crippen molar-refractivity contribution in [2.75, 3.05) is 0 Å². The first kappa shape index (κ1) is 14.3. The Morgan fingerprint density at radius 2 is 1.95 bits per heavy atom. The van der Waals surface area contributed by atoms with E-state index in [0.29, 0.717) is 5.92 Å². The van der Waals surface area contributed by atoms with E-state index in [1.165, 1.54) is 5.56 Å². The van der Waals surface area contributed by atoms with Crippen molar-refractivity contribution in [1.29, 1.82) is 0 Å². The van der Waals surface area contributed by atoms with Crippen molar-refractivity contribution in [3.63, 3.8) is 0 Å². The van der Waals surface area contributed by atoms with Gasteiger partial charge in [-0.05, 0) is 36.3 Å². The van der Waals surface area contributed by atoms with Crippen LogP contribution >= 0.6 is 0 Å². The minimum Gasteiger partial charge on any atom is -0.0806 e. The fraction of sp³-hybridized carbons (Fsp3) is 0.444. The Balaban J connectivity index is 2.32. The zero-order valence-electron chi connectivity index (χ0n) is 12.6. The van der Waals surface area contributed by atoms with Crippen molar-refractivity contribution < 1.29 is 0 Å². The molecule has 1 aliphatic carbocycles. The number of aryl methyl sites for hydroxylation is 1. The monoisotopic (exact) mass is 268 g/mol. The first-order valence-corrected chi connectivity index (χ1v) is 8.44. The normalized spacial score (nSPS) is 14.8. The number of hydrogen-bond acceptors (Lipinski definition) is 0. The van der Waals surface area contributed by atoms with Crippen LogP contribution in [0.2, 0.25) is 0 Å². The molecule has 2 radical (unpaired) electrons. The summed E-state index contributed by atoms with van der Waals surface area (Å²) in [5.74, 6) is 0.653. The quantitative estimate of drug-likeness (QED) is 0.708. The highest BCUT2D eigenvalue weighted by Gasteiger charge is 2.15. The Hall–Kier alpha value is -1.08. The van der Waals surface area contributed by atoms with Crippen LogP contribution in [0.15, 0.2) is 41.1 Å². The van der Waals surface area contributed by atoms with Crippen LogP contribution in [0.3, 0.4) is 0 Å². The zero-order valence-corrected chi connectivity index (χ0v) is 13.6. The second-order valence-electron chi connectivity index (χ2n) is 5.47. The van der Waals surface area contributed by atoms with Gasteiger partial charge in [0.1, 0.15) is 9.52 Å². The Morgan fingerprint density at radius 3 is 2.58 bits per heavy atom. The first-order valence-electron chi connectivity index (χ1n) is 7.44. The summed E-state index contributed by atoms with van der Waals surface area (Å²) in [6.07, 6.45) is 8.13. The van der Waals surface area contributed by atoms with Gasteiger partial charge in [0.2, 0.25) is 0 Å². The third-order valence-electron chi connectivity index (χ3n) is 3.88. The van der Waals surface area contributed by atoms with Crippen molar-refractivity contribution in [1.82, 2.24) is 0 Å². The van der Waals surface area contributed by atoms with Gasteiger partial charge >= 0.3 is 0 Å². The van der Waals surface area contributed by atoms with Crippen LogP contribution in [0, 0.1) is 5.92 Å². The average molecular weight is 268 g/mol. The van der Waals surface area contributed by atoms with Gasteiger partial charge in [-0.3, -0.25) is 0 Å². The van der Waals surface area contributed by atoms with Crippen LogP contribution in [0.4, 0.5) is 0 Å². The molecule has 19 heavy (non-hydrogen) atoms. The molecule has 100 valence electrons. The second-order valence-corrected chi connectivity index (χ2v) is 6.86. The van der Waals surface area contributed by atoms with Crippen LogP contribution in [0.1, 0.15) is 45.2 Å². The maximum Gasteiger partial charge on any atom is 0.117 e. The molecule has 1 heteroatoms. The van der Waals surface area contributed by atoms with Gasteiger partial charge in [0.05, 0.1) is 0 Å². The van der Waals surface area contributed by atoms with Crippen LogP contribution in [-0.4, -0.2) is 9.52 Å². The van der Waals surface area contributed by atoms with Gasteiger partial charge in [0.25, 0.3) is 0 Å². The summed E-state index contributed by atoms with van der Waals surface area (Å²) in [6, 6.07) is 6.86. The molecule has 1 aromatic rings. The van der Waals surface area contributed by atoms with Crippen molar-refractivity contribution in [2.45, 2.75) is 47.0 Å². The zero-order chi connectivity index (χ0) is 13.8. The van der Waals surface area contributed by atoms with Gasteiger partial charge in [-0.15, -0.1) is 0 Å². The van der Waals surface area contributed by atoms with E-state index in [0.717, 1.165) is 28.8 Å². The molecule has 0 nitrogen and oxygen atoms in total. The highest BCUT2D eigenvalue weighted by atomic mass is 28.2. The Bertz CT molecular complexity index is 506. The number of benzene rings is 1. The standard InChI is InChI=1S/C18H24Si/c1-5-14-9-7-11-17(15(14)6-2)19-18-12-8-10-16(18)13(3)4/h7-11,13H,5-6,12H2,1-4H3. The van der Waals surface area contributed by atoms with Gasteiger partial charge in [0, 0.05) is 0 Å². The van der Waals surface area contributed by atoms with Crippen molar-refractivity contribution in [3.8, 4) is 0 Å². The predicted molar refractivity (Wildman–Crippen MR) is 86.2 cm³/mol. The van der Waals surface area contributed by atoms with E-state index in [9.17, 15) is 0 Å². The van der Waals surface area contributed by atoms with E-state index in [1.54, 1.807) is 21.5 Å². The van der Waals surface area contributed by atoms with Crippen molar-refractivity contribution in [3.05, 3.63) is 52.2 Å². The molecule has 0 atom stereocenters. The van der Waals surface area contributed by atoms with Crippen LogP contribution in [0.25, 0.3) is 0 Å². The summed E-state index contributed by atoms with van der Waals surface area (Å²) < 4.78 is 0. The molecule has 0 N–H and O–H groups in total. The molecule has 0 amide bonds. The third kappa shape index (κ3) is 3.09. The fourth-order valence-corrected chi connectivity index (χ4v) is 4.58. The van der Waals surface area contributed by atoms with Crippen molar-refractivity contribution >= 4 is 14.7 Å². The fourth-order valence-electron chi connectivity index (χ4n) is 2.85. The molecule has 0 aliphatic heterocycles. The third-order valence-corrected chi connectivity index (χ3v) is 5.42. The maximum atomic E-state index is 2.34. The van der Waals surface area contributed by atoms with Crippen LogP contribution in [-0.2, 0) is 12.8 Å².